The van der Waals surface area contributed by atoms with Gasteiger partial charge in [-0.1, -0.05) is 146 Å². The molecule has 0 atom stereocenters. The van der Waals surface area contributed by atoms with Gasteiger partial charge in [0.1, 0.15) is 0 Å². The predicted molar refractivity (Wildman–Crippen MR) is 176 cm³/mol. The first-order chi connectivity index (χ1) is 20.8. The number of nitrogens with one attached hydrogen (secondary N) is 1. The van der Waals surface area contributed by atoms with E-state index in [1.165, 1.54) is 55.3 Å². The van der Waals surface area contributed by atoms with Crippen LogP contribution in [0, 0.1) is 0 Å². The van der Waals surface area contributed by atoms with Crippen molar-refractivity contribution in [2.45, 2.75) is 5.41 Å². The van der Waals surface area contributed by atoms with Crippen LogP contribution >= 0.6 is 0 Å². The van der Waals surface area contributed by atoms with Crippen molar-refractivity contribution in [3.8, 4) is 22.3 Å². The fourth-order valence-electron chi connectivity index (χ4n) is 6.93. The van der Waals surface area contributed by atoms with Gasteiger partial charge in [-0.2, -0.15) is 0 Å². The smallest absolute Gasteiger partial charge is 0.0714 e. The molecular formula is C41H29N. The lowest BCUT2D eigenvalue weighted by molar-refractivity contribution is 0.769. The van der Waals surface area contributed by atoms with E-state index in [0.29, 0.717) is 0 Å². The molecule has 1 heteroatoms. The molecule has 0 radical (unpaired) electrons. The van der Waals surface area contributed by atoms with E-state index in [-0.39, 0.29) is 0 Å². The van der Waals surface area contributed by atoms with E-state index < -0.39 is 5.41 Å². The van der Waals surface area contributed by atoms with Gasteiger partial charge in [-0.05, 0) is 79.5 Å². The average molecular weight is 536 g/mol. The van der Waals surface area contributed by atoms with Gasteiger partial charge in [-0.15, -0.1) is 0 Å². The second-order valence-corrected chi connectivity index (χ2v) is 11.0. The van der Waals surface area contributed by atoms with Gasteiger partial charge in [-0.3, -0.25) is 0 Å². The van der Waals surface area contributed by atoms with Gasteiger partial charge >= 0.3 is 0 Å². The topological polar surface area (TPSA) is 12.0 Å². The molecule has 0 spiro atoms. The molecule has 0 fully saturated rings. The number of hydrogen-bond acceptors (Lipinski definition) is 1. The zero-order valence-corrected chi connectivity index (χ0v) is 23.2. The van der Waals surface area contributed by atoms with E-state index in [9.17, 15) is 0 Å². The summed E-state index contributed by atoms with van der Waals surface area (Å²) in [6, 6.07) is 61.5. The number of hydrogen-bond donors (Lipinski definition) is 1. The molecule has 1 N–H and O–H groups in total. The molecule has 0 saturated carbocycles. The fraction of sp³-hybridized carbons (Fsp3) is 0.0244. The van der Waals surface area contributed by atoms with Crippen LogP contribution in [0.3, 0.4) is 0 Å². The second kappa shape index (κ2) is 9.90. The first-order valence-electron chi connectivity index (χ1n) is 14.5. The Hall–Kier alpha value is -5.40. The second-order valence-electron chi connectivity index (χ2n) is 11.0. The lowest BCUT2D eigenvalue weighted by atomic mass is 9.67. The molecule has 0 amide bonds. The number of fused-ring (bicyclic) bond motifs is 4. The molecule has 0 unspecified atom stereocenters. The molecule has 8 rings (SSSR count). The molecule has 1 nitrogen and oxygen atoms in total. The van der Waals surface area contributed by atoms with Crippen LogP contribution in [0.25, 0.3) is 33.0 Å². The molecule has 0 aromatic heterocycles. The van der Waals surface area contributed by atoms with Crippen molar-refractivity contribution in [2.75, 3.05) is 5.32 Å². The molecule has 0 aliphatic heterocycles. The summed E-state index contributed by atoms with van der Waals surface area (Å²) in [5, 5.41) is 6.28. The van der Waals surface area contributed by atoms with Crippen molar-refractivity contribution in [3.05, 3.63) is 192 Å². The molecule has 198 valence electrons. The summed E-state index contributed by atoms with van der Waals surface area (Å²) in [4.78, 5) is 0. The summed E-state index contributed by atoms with van der Waals surface area (Å²) in [7, 11) is 0. The molecule has 1 aliphatic carbocycles. The van der Waals surface area contributed by atoms with E-state index in [2.05, 4.69) is 175 Å². The Balaban J connectivity index is 1.27. The average Bonchev–Trinajstić information content (AvgIpc) is 3.36. The molecule has 0 heterocycles. The van der Waals surface area contributed by atoms with E-state index >= 15 is 0 Å². The van der Waals surface area contributed by atoms with Crippen LogP contribution in [0.2, 0.25) is 0 Å². The highest BCUT2D eigenvalue weighted by Gasteiger charge is 2.45. The van der Waals surface area contributed by atoms with E-state index in [4.69, 9.17) is 0 Å². The van der Waals surface area contributed by atoms with Crippen molar-refractivity contribution >= 4 is 22.1 Å². The highest BCUT2D eigenvalue weighted by molar-refractivity contribution is 5.97. The summed E-state index contributed by atoms with van der Waals surface area (Å²) in [5.74, 6) is 0. The van der Waals surface area contributed by atoms with Crippen molar-refractivity contribution in [1.29, 1.82) is 0 Å². The Labute approximate surface area is 246 Å². The third-order valence-corrected chi connectivity index (χ3v) is 8.71. The van der Waals surface area contributed by atoms with Crippen molar-refractivity contribution in [2.24, 2.45) is 0 Å². The Morgan fingerprint density at radius 1 is 0.381 bits per heavy atom. The maximum atomic E-state index is 3.76. The monoisotopic (exact) mass is 535 g/mol. The Morgan fingerprint density at radius 2 is 0.976 bits per heavy atom. The molecule has 0 saturated heterocycles. The highest BCUT2D eigenvalue weighted by Crippen LogP contribution is 2.56. The summed E-state index contributed by atoms with van der Waals surface area (Å²) < 4.78 is 0. The molecule has 42 heavy (non-hydrogen) atoms. The van der Waals surface area contributed by atoms with Crippen LogP contribution in [0.4, 0.5) is 11.4 Å². The standard InChI is InChI=1S/C41H29N/c1-3-16-31(17-4-1)41(32-18-5-2-6-19-32)39-24-10-9-22-37(39)38-26-25-34(28-40(38)41)42-33-20-11-15-30(27-33)36-23-12-14-29-13-7-8-21-35(29)36/h1-28,42H. The number of benzene rings is 7. The van der Waals surface area contributed by atoms with Gasteiger partial charge in [-0.25, -0.2) is 0 Å². The fourth-order valence-corrected chi connectivity index (χ4v) is 6.93. The van der Waals surface area contributed by atoms with Crippen LogP contribution in [-0.2, 0) is 5.41 Å². The first-order valence-corrected chi connectivity index (χ1v) is 14.5. The molecular weight excluding hydrogens is 506 g/mol. The predicted octanol–water partition coefficient (Wildman–Crippen LogP) is 10.6. The van der Waals surface area contributed by atoms with Crippen LogP contribution in [0.5, 0.6) is 0 Å². The summed E-state index contributed by atoms with van der Waals surface area (Å²) in [5.41, 5.74) is 11.9. The van der Waals surface area contributed by atoms with Gasteiger partial charge in [0.2, 0.25) is 0 Å². The van der Waals surface area contributed by atoms with Gasteiger partial charge in [0, 0.05) is 11.4 Å². The normalized spacial score (nSPS) is 13.0. The number of anilines is 2. The van der Waals surface area contributed by atoms with Crippen LogP contribution in [0.1, 0.15) is 22.3 Å². The zero-order valence-electron chi connectivity index (χ0n) is 23.2. The maximum absolute atomic E-state index is 3.76. The van der Waals surface area contributed by atoms with Crippen LogP contribution < -0.4 is 5.32 Å². The minimum absolute atomic E-state index is 0.406. The van der Waals surface area contributed by atoms with Gasteiger partial charge in [0.05, 0.1) is 5.41 Å². The molecule has 1 aliphatic rings. The van der Waals surface area contributed by atoms with E-state index in [1.54, 1.807) is 0 Å². The van der Waals surface area contributed by atoms with Gasteiger partial charge in [0.15, 0.2) is 0 Å². The first kappa shape index (κ1) is 24.4. The van der Waals surface area contributed by atoms with Crippen LogP contribution in [0.15, 0.2) is 170 Å². The molecule has 7 aromatic carbocycles. The molecule has 0 bridgehead atoms. The minimum Gasteiger partial charge on any atom is -0.355 e. The summed E-state index contributed by atoms with van der Waals surface area (Å²) in [6.45, 7) is 0. The Bertz CT molecular complexity index is 2010. The van der Waals surface area contributed by atoms with Crippen molar-refractivity contribution in [3.63, 3.8) is 0 Å². The molecule has 7 aromatic rings. The van der Waals surface area contributed by atoms with E-state index in [1.807, 2.05) is 0 Å². The van der Waals surface area contributed by atoms with Crippen molar-refractivity contribution in [1.82, 2.24) is 0 Å². The maximum Gasteiger partial charge on any atom is 0.0714 e. The minimum atomic E-state index is -0.406. The SMILES string of the molecule is c1ccc(C2(c3ccccc3)c3ccccc3-c3ccc(Nc4cccc(-c5cccc6ccccc56)c4)cc32)cc1. The third-order valence-electron chi connectivity index (χ3n) is 8.71. The van der Waals surface area contributed by atoms with Gasteiger partial charge < -0.3 is 5.32 Å². The Morgan fingerprint density at radius 3 is 1.79 bits per heavy atom. The largest absolute Gasteiger partial charge is 0.355 e. The third kappa shape index (κ3) is 3.78. The van der Waals surface area contributed by atoms with Gasteiger partial charge in [0.25, 0.3) is 0 Å². The lowest BCUT2D eigenvalue weighted by Gasteiger charge is -2.34. The van der Waals surface area contributed by atoms with Crippen LogP contribution in [-0.4, -0.2) is 0 Å². The quantitative estimate of drug-likeness (QED) is 0.231. The van der Waals surface area contributed by atoms with Crippen molar-refractivity contribution < 1.29 is 0 Å². The number of rotatable bonds is 5. The zero-order chi connectivity index (χ0) is 27.9. The lowest BCUT2D eigenvalue weighted by Crippen LogP contribution is -2.28. The highest BCUT2D eigenvalue weighted by atomic mass is 14.9. The Kier molecular flexibility index (Phi) is 5.75. The summed E-state index contributed by atoms with van der Waals surface area (Å²) in [6.07, 6.45) is 0. The summed E-state index contributed by atoms with van der Waals surface area (Å²) >= 11 is 0. The van der Waals surface area contributed by atoms with E-state index in [0.717, 1.165) is 11.4 Å².